The maximum Gasteiger partial charge on any atom is 0.191 e. The number of methoxy groups -OCH3 is 1. The molecule has 3 N–H and O–H groups in total. The number of hydrogen-bond donors (Lipinski definition) is 3. The second kappa shape index (κ2) is 9.65. The Morgan fingerprint density at radius 1 is 1.42 bits per heavy atom. The standard InChI is InChI=1S/C17H28N6O2S/c1-13-21-22-15(23(13)3)10-19-16(18-7-5-8-25-4)20-12-17(2,24)14-6-9-26-11-14/h6,9,11,24H,5,7-8,10,12H2,1-4H3,(H2,18,19,20). The highest BCUT2D eigenvalue weighted by Crippen LogP contribution is 2.21. The van der Waals surface area contributed by atoms with Crippen LogP contribution in [-0.2, 0) is 23.9 Å². The topological polar surface area (TPSA) is 96.6 Å². The molecular weight excluding hydrogens is 352 g/mol. The van der Waals surface area contributed by atoms with Crippen LogP contribution in [0.3, 0.4) is 0 Å². The molecule has 0 bridgehead atoms. The third kappa shape index (κ3) is 5.79. The van der Waals surface area contributed by atoms with E-state index < -0.39 is 5.60 Å². The number of nitrogens with one attached hydrogen (secondary N) is 2. The van der Waals surface area contributed by atoms with Gasteiger partial charge in [0.15, 0.2) is 11.8 Å². The molecule has 2 aromatic rings. The van der Waals surface area contributed by atoms with E-state index in [2.05, 4.69) is 25.8 Å². The van der Waals surface area contributed by atoms with Crippen molar-refractivity contribution in [3.63, 3.8) is 0 Å². The molecule has 0 aliphatic rings. The van der Waals surface area contributed by atoms with Crippen LogP contribution in [-0.4, -0.2) is 52.6 Å². The highest BCUT2D eigenvalue weighted by atomic mass is 32.1. The van der Waals surface area contributed by atoms with E-state index in [0.717, 1.165) is 30.2 Å². The molecule has 8 nitrogen and oxygen atoms in total. The van der Waals surface area contributed by atoms with Gasteiger partial charge in [-0.15, -0.1) is 10.2 Å². The summed E-state index contributed by atoms with van der Waals surface area (Å²) in [6.45, 7) is 5.83. The molecule has 0 fully saturated rings. The lowest BCUT2D eigenvalue weighted by Gasteiger charge is -2.24. The summed E-state index contributed by atoms with van der Waals surface area (Å²) in [6, 6.07) is 1.93. The number of rotatable bonds is 9. The van der Waals surface area contributed by atoms with Crippen molar-refractivity contribution in [1.82, 2.24) is 25.4 Å². The maximum atomic E-state index is 10.7. The minimum Gasteiger partial charge on any atom is -0.385 e. The normalized spacial score (nSPS) is 14.3. The van der Waals surface area contributed by atoms with Gasteiger partial charge in [0.1, 0.15) is 18.0 Å². The van der Waals surface area contributed by atoms with Crippen LogP contribution >= 0.6 is 11.3 Å². The number of aliphatic hydroxyl groups is 1. The van der Waals surface area contributed by atoms with Crippen LogP contribution in [0.1, 0.15) is 30.6 Å². The Kier molecular flexibility index (Phi) is 7.55. The zero-order valence-electron chi connectivity index (χ0n) is 15.8. The largest absolute Gasteiger partial charge is 0.385 e. The van der Waals surface area contributed by atoms with Gasteiger partial charge < -0.3 is 25.0 Å². The summed E-state index contributed by atoms with van der Waals surface area (Å²) in [5, 5.41) is 29.2. The molecule has 0 saturated heterocycles. The van der Waals surface area contributed by atoms with Crippen molar-refractivity contribution in [2.45, 2.75) is 32.4 Å². The highest BCUT2D eigenvalue weighted by molar-refractivity contribution is 7.08. The van der Waals surface area contributed by atoms with E-state index in [0.29, 0.717) is 25.7 Å². The molecule has 144 valence electrons. The van der Waals surface area contributed by atoms with Gasteiger partial charge in [-0.25, -0.2) is 4.99 Å². The fraction of sp³-hybridized carbons (Fsp3) is 0.588. The van der Waals surface area contributed by atoms with E-state index in [-0.39, 0.29) is 0 Å². The lowest BCUT2D eigenvalue weighted by molar-refractivity contribution is 0.0621. The molecule has 1 unspecified atom stereocenters. The number of guanidine groups is 1. The summed E-state index contributed by atoms with van der Waals surface area (Å²) < 4.78 is 6.98. The van der Waals surface area contributed by atoms with E-state index in [4.69, 9.17) is 4.74 Å². The summed E-state index contributed by atoms with van der Waals surface area (Å²) in [4.78, 5) is 4.57. The molecule has 0 aromatic carbocycles. The average molecular weight is 381 g/mol. The Morgan fingerprint density at radius 3 is 2.85 bits per heavy atom. The molecule has 0 aliphatic carbocycles. The Morgan fingerprint density at radius 2 is 2.23 bits per heavy atom. The molecule has 0 amide bonds. The minimum absolute atomic E-state index is 0.345. The van der Waals surface area contributed by atoms with Crippen molar-refractivity contribution in [3.05, 3.63) is 34.0 Å². The Bertz CT molecular complexity index is 696. The first kappa shape index (κ1) is 20.3. The SMILES string of the molecule is COCCCNC(=NCc1nnc(C)n1C)NCC(C)(O)c1ccsc1. The van der Waals surface area contributed by atoms with Gasteiger partial charge in [-0.1, -0.05) is 0 Å². The highest BCUT2D eigenvalue weighted by Gasteiger charge is 2.23. The molecule has 0 radical (unpaired) electrons. The minimum atomic E-state index is -0.976. The van der Waals surface area contributed by atoms with E-state index in [1.165, 1.54) is 0 Å². The molecule has 2 heterocycles. The van der Waals surface area contributed by atoms with Crippen LogP contribution in [0.15, 0.2) is 21.8 Å². The molecule has 2 rings (SSSR count). The summed E-state index contributed by atoms with van der Waals surface area (Å²) in [7, 11) is 3.60. The number of hydrogen-bond acceptors (Lipinski definition) is 6. The first-order valence-electron chi connectivity index (χ1n) is 8.55. The van der Waals surface area contributed by atoms with Gasteiger partial charge in [-0.2, -0.15) is 11.3 Å². The summed E-state index contributed by atoms with van der Waals surface area (Å²) >= 11 is 1.57. The van der Waals surface area contributed by atoms with Crippen LogP contribution in [0.25, 0.3) is 0 Å². The first-order valence-corrected chi connectivity index (χ1v) is 9.49. The maximum absolute atomic E-state index is 10.7. The first-order chi connectivity index (χ1) is 12.4. The number of nitrogens with zero attached hydrogens (tertiary/aromatic N) is 4. The van der Waals surface area contributed by atoms with Crippen LogP contribution in [0.2, 0.25) is 0 Å². The van der Waals surface area contributed by atoms with E-state index in [1.54, 1.807) is 25.4 Å². The lowest BCUT2D eigenvalue weighted by atomic mass is 9.99. The van der Waals surface area contributed by atoms with Gasteiger partial charge in [0.05, 0.1) is 6.54 Å². The second-order valence-corrected chi connectivity index (χ2v) is 7.08. The predicted molar refractivity (Wildman–Crippen MR) is 103 cm³/mol. The van der Waals surface area contributed by atoms with Crippen LogP contribution in [0, 0.1) is 6.92 Å². The van der Waals surface area contributed by atoms with Crippen LogP contribution < -0.4 is 10.6 Å². The third-order valence-electron chi connectivity index (χ3n) is 4.12. The van der Waals surface area contributed by atoms with Gasteiger partial charge in [-0.05, 0) is 42.7 Å². The molecule has 9 heteroatoms. The smallest absolute Gasteiger partial charge is 0.191 e. The third-order valence-corrected chi connectivity index (χ3v) is 4.81. The van der Waals surface area contributed by atoms with Crippen LogP contribution in [0.5, 0.6) is 0 Å². The van der Waals surface area contributed by atoms with Crippen molar-refractivity contribution in [2.24, 2.45) is 12.0 Å². The molecule has 26 heavy (non-hydrogen) atoms. The average Bonchev–Trinajstić information content (AvgIpc) is 3.26. The van der Waals surface area contributed by atoms with E-state index in [9.17, 15) is 5.11 Å². The Balaban J connectivity index is 2.00. The van der Waals surface area contributed by atoms with Gasteiger partial charge in [-0.3, -0.25) is 0 Å². The van der Waals surface area contributed by atoms with Gasteiger partial charge >= 0.3 is 0 Å². The van der Waals surface area contributed by atoms with Crippen molar-refractivity contribution < 1.29 is 9.84 Å². The number of aromatic nitrogens is 3. The number of ether oxygens (including phenoxy) is 1. The monoisotopic (exact) mass is 380 g/mol. The molecule has 0 spiro atoms. The predicted octanol–water partition coefficient (Wildman–Crippen LogP) is 1.16. The van der Waals surface area contributed by atoms with Gasteiger partial charge in [0.25, 0.3) is 0 Å². The molecule has 2 aromatic heterocycles. The van der Waals surface area contributed by atoms with Gasteiger partial charge in [0.2, 0.25) is 0 Å². The number of aliphatic imine (C=N–C) groups is 1. The van der Waals surface area contributed by atoms with Crippen molar-refractivity contribution in [3.8, 4) is 0 Å². The number of thiophene rings is 1. The second-order valence-electron chi connectivity index (χ2n) is 6.30. The summed E-state index contributed by atoms with van der Waals surface area (Å²) in [5.74, 6) is 2.25. The molecule has 0 saturated carbocycles. The molecule has 0 aliphatic heterocycles. The van der Waals surface area contributed by atoms with Crippen molar-refractivity contribution in [1.29, 1.82) is 0 Å². The Hall–Kier alpha value is -1.97. The zero-order chi connectivity index (χ0) is 19.0. The van der Waals surface area contributed by atoms with Crippen molar-refractivity contribution in [2.75, 3.05) is 26.8 Å². The molecular formula is C17H28N6O2S. The lowest BCUT2D eigenvalue weighted by Crippen LogP contribution is -2.44. The van der Waals surface area contributed by atoms with Crippen LogP contribution in [0.4, 0.5) is 0 Å². The number of aryl methyl sites for hydroxylation is 1. The quantitative estimate of drug-likeness (QED) is 0.343. The fourth-order valence-corrected chi connectivity index (χ4v) is 3.05. The summed E-state index contributed by atoms with van der Waals surface area (Å²) in [5.41, 5.74) is -0.0891. The van der Waals surface area contributed by atoms with Crippen molar-refractivity contribution >= 4 is 17.3 Å². The Labute approximate surface area is 158 Å². The molecule has 1 atom stereocenters. The van der Waals surface area contributed by atoms with Gasteiger partial charge in [0, 0.05) is 27.3 Å². The zero-order valence-corrected chi connectivity index (χ0v) is 16.6. The van der Waals surface area contributed by atoms with E-state index >= 15 is 0 Å². The van der Waals surface area contributed by atoms with E-state index in [1.807, 2.05) is 35.4 Å². The summed E-state index contributed by atoms with van der Waals surface area (Å²) in [6.07, 6.45) is 0.862. The fourth-order valence-electron chi connectivity index (χ4n) is 2.26.